The van der Waals surface area contributed by atoms with Crippen LogP contribution in [-0.2, 0) is 10.1 Å². The first-order valence-corrected chi connectivity index (χ1v) is 4.88. The Balaban J connectivity index is 2.56. The van der Waals surface area contributed by atoms with Crippen LogP contribution in [0.4, 0.5) is 5.69 Å². The van der Waals surface area contributed by atoms with E-state index >= 15 is 0 Å². The molecular formula is C7H8NO3S-. The third-order valence-corrected chi connectivity index (χ3v) is 1.72. The Hall–Kier alpha value is -1.07. The van der Waals surface area contributed by atoms with E-state index < -0.39 is 16.0 Å². The molecule has 12 heavy (non-hydrogen) atoms. The Bertz CT molecular complexity index is 333. The van der Waals surface area contributed by atoms with Crippen molar-refractivity contribution < 1.29 is 13.0 Å². The fraction of sp³-hybridized carbons (Fsp3) is 0.143. The van der Waals surface area contributed by atoms with E-state index in [2.05, 4.69) is 5.32 Å². The average molecular weight is 186 g/mol. The number of hydrogen-bond donors (Lipinski definition) is 1. The molecule has 1 aromatic carbocycles. The van der Waals surface area contributed by atoms with E-state index in [1.54, 1.807) is 30.3 Å². The minimum atomic E-state index is -4.18. The maximum Gasteiger partial charge on any atom is 0.113 e. The molecule has 0 saturated carbocycles. The van der Waals surface area contributed by atoms with Gasteiger partial charge in [0.1, 0.15) is 16.0 Å². The summed E-state index contributed by atoms with van der Waals surface area (Å²) >= 11 is 0. The molecular weight excluding hydrogens is 178 g/mol. The zero-order chi connectivity index (χ0) is 9.03. The molecule has 0 amide bonds. The minimum Gasteiger partial charge on any atom is -0.747 e. The average Bonchev–Trinajstić information content (AvgIpc) is 2.02. The van der Waals surface area contributed by atoms with E-state index in [-0.39, 0.29) is 0 Å². The molecule has 0 aliphatic carbocycles. The number of nitrogens with one attached hydrogen (secondary N) is 1. The number of para-hydroxylation sites is 1. The molecule has 5 heteroatoms. The molecule has 0 aromatic heterocycles. The summed E-state index contributed by atoms with van der Waals surface area (Å²) < 4.78 is 30.6. The maximum absolute atomic E-state index is 10.2. The second kappa shape index (κ2) is 3.55. The van der Waals surface area contributed by atoms with Crippen LogP contribution in [0.15, 0.2) is 30.3 Å². The van der Waals surface area contributed by atoms with Crippen molar-refractivity contribution in [3.63, 3.8) is 0 Å². The van der Waals surface area contributed by atoms with Gasteiger partial charge in [-0.1, -0.05) is 18.2 Å². The summed E-state index contributed by atoms with van der Waals surface area (Å²) in [6, 6.07) is 8.67. The van der Waals surface area contributed by atoms with E-state index in [0.717, 1.165) is 0 Å². The van der Waals surface area contributed by atoms with Crippen molar-refractivity contribution in [1.82, 2.24) is 0 Å². The van der Waals surface area contributed by atoms with E-state index in [1.807, 2.05) is 0 Å². The third kappa shape index (κ3) is 3.36. The van der Waals surface area contributed by atoms with Crippen LogP contribution in [0, 0.1) is 0 Å². The molecule has 0 radical (unpaired) electrons. The highest BCUT2D eigenvalue weighted by Gasteiger charge is 1.93. The molecule has 0 aliphatic rings. The largest absolute Gasteiger partial charge is 0.747 e. The first-order chi connectivity index (χ1) is 5.58. The van der Waals surface area contributed by atoms with Crippen LogP contribution in [0.1, 0.15) is 0 Å². The summed E-state index contributed by atoms with van der Waals surface area (Å²) in [4.78, 5) is 0. The SMILES string of the molecule is O=S(=O)([O-])CNc1ccccc1. The van der Waals surface area contributed by atoms with Crippen LogP contribution in [0.2, 0.25) is 0 Å². The van der Waals surface area contributed by atoms with Crippen LogP contribution >= 0.6 is 0 Å². The first kappa shape index (κ1) is 9.02. The van der Waals surface area contributed by atoms with Gasteiger partial charge in [-0.2, -0.15) is 0 Å². The molecule has 0 spiro atoms. The van der Waals surface area contributed by atoms with Crippen molar-refractivity contribution in [2.24, 2.45) is 0 Å². The summed E-state index contributed by atoms with van der Waals surface area (Å²) in [6.45, 7) is 0. The Morgan fingerprint density at radius 2 is 1.83 bits per heavy atom. The van der Waals surface area contributed by atoms with Crippen molar-refractivity contribution in [2.75, 3.05) is 11.2 Å². The lowest BCUT2D eigenvalue weighted by Crippen LogP contribution is -2.12. The van der Waals surface area contributed by atoms with Gasteiger partial charge < -0.3 is 9.87 Å². The molecule has 4 nitrogen and oxygen atoms in total. The number of anilines is 1. The van der Waals surface area contributed by atoms with Gasteiger partial charge in [0.2, 0.25) is 0 Å². The standard InChI is InChI=1S/C7H9NO3S/c9-12(10,11)6-8-7-4-2-1-3-5-7/h1-5,8H,6H2,(H,9,10,11)/p-1. The fourth-order valence-electron chi connectivity index (χ4n) is 0.728. The molecule has 1 N–H and O–H groups in total. The molecule has 0 saturated heterocycles. The zero-order valence-corrected chi connectivity index (χ0v) is 7.04. The Morgan fingerprint density at radius 1 is 1.25 bits per heavy atom. The molecule has 0 unspecified atom stereocenters. The number of hydrogen-bond acceptors (Lipinski definition) is 4. The van der Waals surface area contributed by atoms with Crippen molar-refractivity contribution in [3.8, 4) is 0 Å². The monoisotopic (exact) mass is 186 g/mol. The van der Waals surface area contributed by atoms with Gasteiger partial charge in [0.25, 0.3) is 0 Å². The Morgan fingerprint density at radius 3 is 2.33 bits per heavy atom. The second-order valence-electron chi connectivity index (χ2n) is 2.24. The van der Waals surface area contributed by atoms with Crippen molar-refractivity contribution in [3.05, 3.63) is 30.3 Å². The van der Waals surface area contributed by atoms with E-state index in [1.165, 1.54) is 0 Å². The van der Waals surface area contributed by atoms with Crippen LogP contribution in [-0.4, -0.2) is 18.8 Å². The smallest absolute Gasteiger partial charge is 0.113 e. The van der Waals surface area contributed by atoms with Gasteiger partial charge in [-0.3, -0.25) is 0 Å². The molecule has 0 atom stereocenters. The predicted molar refractivity (Wildman–Crippen MR) is 44.6 cm³/mol. The lowest BCUT2D eigenvalue weighted by atomic mass is 10.3. The summed E-state index contributed by atoms with van der Waals surface area (Å²) in [7, 11) is -4.18. The van der Waals surface area contributed by atoms with Gasteiger partial charge >= 0.3 is 0 Å². The lowest BCUT2D eigenvalue weighted by molar-refractivity contribution is 0.465. The van der Waals surface area contributed by atoms with E-state index in [0.29, 0.717) is 5.69 Å². The van der Waals surface area contributed by atoms with Gasteiger partial charge in [-0.05, 0) is 12.1 Å². The minimum absolute atomic E-state index is 0.572. The summed E-state index contributed by atoms with van der Waals surface area (Å²) in [5.41, 5.74) is 0.622. The lowest BCUT2D eigenvalue weighted by Gasteiger charge is -2.08. The summed E-state index contributed by atoms with van der Waals surface area (Å²) in [5, 5.41) is 2.48. The van der Waals surface area contributed by atoms with Gasteiger partial charge in [0.15, 0.2) is 0 Å². The third-order valence-electron chi connectivity index (χ3n) is 1.23. The highest BCUT2D eigenvalue weighted by molar-refractivity contribution is 7.85. The van der Waals surface area contributed by atoms with Gasteiger partial charge in [0, 0.05) is 5.69 Å². The van der Waals surface area contributed by atoms with Crippen LogP contribution in [0.3, 0.4) is 0 Å². The first-order valence-electron chi connectivity index (χ1n) is 3.30. The van der Waals surface area contributed by atoms with Crippen LogP contribution in [0.25, 0.3) is 0 Å². The van der Waals surface area contributed by atoms with Crippen molar-refractivity contribution in [2.45, 2.75) is 0 Å². The van der Waals surface area contributed by atoms with Crippen LogP contribution < -0.4 is 5.32 Å². The van der Waals surface area contributed by atoms with E-state index in [4.69, 9.17) is 0 Å². The molecule has 0 aliphatic heterocycles. The zero-order valence-electron chi connectivity index (χ0n) is 6.23. The Labute approximate surface area is 71.0 Å². The highest BCUT2D eigenvalue weighted by Crippen LogP contribution is 2.04. The molecule has 0 heterocycles. The highest BCUT2D eigenvalue weighted by atomic mass is 32.2. The molecule has 0 fully saturated rings. The molecule has 1 aromatic rings. The van der Waals surface area contributed by atoms with E-state index in [9.17, 15) is 13.0 Å². The van der Waals surface area contributed by atoms with Gasteiger partial charge in [0.05, 0.1) is 0 Å². The number of benzene rings is 1. The molecule has 66 valence electrons. The maximum atomic E-state index is 10.2. The predicted octanol–water partition coefficient (Wildman–Crippen LogP) is 0.601. The summed E-state index contributed by atoms with van der Waals surface area (Å²) in [5.74, 6) is -0.572. The quantitative estimate of drug-likeness (QED) is 0.702. The topological polar surface area (TPSA) is 69.2 Å². The van der Waals surface area contributed by atoms with Crippen LogP contribution in [0.5, 0.6) is 0 Å². The van der Waals surface area contributed by atoms with Gasteiger partial charge in [-0.15, -0.1) is 0 Å². The van der Waals surface area contributed by atoms with Gasteiger partial charge in [-0.25, -0.2) is 8.42 Å². The summed E-state index contributed by atoms with van der Waals surface area (Å²) in [6.07, 6.45) is 0. The molecule has 0 bridgehead atoms. The molecule has 1 rings (SSSR count). The fourth-order valence-corrected chi connectivity index (χ4v) is 1.07. The van der Waals surface area contributed by atoms with Crippen molar-refractivity contribution >= 4 is 15.8 Å². The number of rotatable bonds is 3. The Kier molecular flexibility index (Phi) is 2.67. The normalized spacial score (nSPS) is 11.1. The second-order valence-corrected chi connectivity index (χ2v) is 3.65. The van der Waals surface area contributed by atoms with Crippen molar-refractivity contribution in [1.29, 1.82) is 0 Å².